The van der Waals surface area contributed by atoms with E-state index in [0.717, 1.165) is 10.1 Å². The second-order valence-electron chi connectivity index (χ2n) is 5.32. The van der Waals surface area contributed by atoms with Gasteiger partial charge >= 0.3 is 5.69 Å². The zero-order chi connectivity index (χ0) is 16.6. The number of hydrogen-bond acceptors (Lipinski definition) is 4. The molecule has 2 aromatic heterocycles. The van der Waals surface area contributed by atoms with Gasteiger partial charge in [0.25, 0.3) is 5.56 Å². The van der Waals surface area contributed by atoms with E-state index in [9.17, 15) is 9.59 Å². The van der Waals surface area contributed by atoms with E-state index in [-0.39, 0.29) is 11.2 Å². The zero-order valence-electron chi connectivity index (χ0n) is 13.1. The Morgan fingerprint density at radius 3 is 2.35 bits per heavy atom. The standard InChI is InChI=1S/C17H16N4O2/c1-11-13(10-9-12-7-5-4-6-8-12)19-15-14(18-11)16(22)21(3)17(23)20(15)2/h4-10H,1-3H3/b10-9+. The molecule has 0 spiro atoms. The minimum Gasteiger partial charge on any atom is -0.279 e. The quantitative estimate of drug-likeness (QED) is 0.719. The monoisotopic (exact) mass is 308 g/mol. The van der Waals surface area contributed by atoms with Gasteiger partial charge < -0.3 is 0 Å². The van der Waals surface area contributed by atoms with Crippen molar-refractivity contribution in [1.29, 1.82) is 0 Å². The molecule has 2 heterocycles. The highest BCUT2D eigenvalue weighted by molar-refractivity contribution is 5.74. The topological polar surface area (TPSA) is 69.8 Å². The molecule has 0 N–H and O–H groups in total. The summed E-state index contributed by atoms with van der Waals surface area (Å²) in [5, 5.41) is 0. The Hall–Kier alpha value is -3.02. The third kappa shape index (κ3) is 2.59. The number of nitrogens with zero attached hydrogens (tertiary/aromatic N) is 4. The average Bonchev–Trinajstić information content (AvgIpc) is 2.57. The van der Waals surface area contributed by atoms with Gasteiger partial charge in [0.1, 0.15) is 0 Å². The van der Waals surface area contributed by atoms with E-state index in [0.29, 0.717) is 11.4 Å². The van der Waals surface area contributed by atoms with E-state index in [2.05, 4.69) is 9.97 Å². The van der Waals surface area contributed by atoms with Crippen molar-refractivity contribution in [2.24, 2.45) is 14.1 Å². The summed E-state index contributed by atoms with van der Waals surface area (Å²) in [5.74, 6) is 0. The second-order valence-corrected chi connectivity index (χ2v) is 5.32. The molecule has 6 nitrogen and oxygen atoms in total. The molecule has 23 heavy (non-hydrogen) atoms. The summed E-state index contributed by atoms with van der Waals surface area (Å²) in [5.41, 5.74) is 1.94. The summed E-state index contributed by atoms with van der Waals surface area (Å²) in [6.07, 6.45) is 3.75. The molecule has 0 atom stereocenters. The fourth-order valence-electron chi connectivity index (χ4n) is 2.36. The molecule has 1 aromatic carbocycles. The Labute approximate surface area is 132 Å². The molecule has 6 heteroatoms. The van der Waals surface area contributed by atoms with Crippen LogP contribution in [0.3, 0.4) is 0 Å². The van der Waals surface area contributed by atoms with Gasteiger partial charge in [0.15, 0.2) is 11.2 Å². The fourth-order valence-corrected chi connectivity index (χ4v) is 2.36. The van der Waals surface area contributed by atoms with Gasteiger partial charge in [-0.05, 0) is 18.6 Å². The highest BCUT2D eigenvalue weighted by atomic mass is 16.2. The van der Waals surface area contributed by atoms with Crippen LogP contribution in [0.2, 0.25) is 0 Å². The van der Waals surface area contributed by atoms with Crippen molar-refractivity contribution in [2.45, 2.75) is 6.92 Å². The lowest BCUT2D eigenvalue weighted by atomic mass is 10.2. The van der Waals surface area contributed by atoms with E-state index in [1.807, 2.05) is 42.5 Å². The summed E-state index contributed by atoms with van der Waals surface area (Å²) < 4.78 is 2.37. The lowest BCUT2D eigenvalue weighted by Crippen LogP contribution is -2.38. The van der Waals surface area contributed by atoms with Gasteiger partial charge in [-0.15, -0.1) is 0 Å². The SMILES string of the molecule is Cc1nc2c(=O)n(C)c(=O)n(C)c2nc1/C=C/c1ccccc1. The molecule has 0 amide bonds. The predicted molar refractivity (Wildman–Crippen MR) is 90.1 cm³/mol. The van der Waals surface area contributed by atoms with Crippen LogP contribution in [-0.4, -0.2) is 19.1 Å². The Kier molecular flexibility index (Phi) is 3.65. The fraction of sp³-hybridized carbons (Fsp3) is 0.176. The maximum Gasteiger partial charge on any atom is 0.332 e. The summed E-state index contributed by atoms with van der Waals surface area (Å²) in [6.45, 7) is 1.79. The normalized spacial score (nSPS) is 11.4. The molecule has 0 fully saturated rings. The highest BCUT2D eigenvalue weighted by Gasteiger charge is 2.12. The minimum absolute atomic E-state index is 0.198. The largest absolute Gasteiger partial charge is 0.332 e. The van der Waals surface area contributed by atoms with Gasteiger partial charge in [0, 0.05) is 14.1 Å². The molecule has 0 aliphatic carbocycles. The number of fused-ring (bicyclic) bond motifs is 1. The van der Waals surface area contributed by atoms with Gasteiger partial charge in [-0.2, -0.15) is 0 Å². The van der Waals surface area contributed by atoms with Crippen LogP contribution < -0.4 is 11.2 Å². The van der Waals surface area contributed by atoms with E-state index in [1.54, 1.807) is 14.0 Å². The van der Waals surface area contributed by atoms with Gasteiger partial charge in [0.2, 0.25) is 0 Å². The van der Waals surface area contributed by atoms with Crippen molar-refractivity contribution >= 4 is 23.3 Å². The number of aryl methyl sites for hydroxylation is 2. The Balaban J connectivity index is 2.21. The van der Waals surface area contributed by atoms with Crippen LogP contribution in [0.15, 0.2) is 39.9 Å². The third-order valence-corrected chi connectivity index (χ3v) is 3.72. The lowest BCUT2D eigenvalue weighted by Gasteiger charge is -2.08. The molecule has 3 aromatic rings. The molecule has 0 radical (unpaired) electrons. The predicted octanol–water partition coefficient (Wildman–Crippen LogP) is 1.51. The van der Waals surface area contributed by atoms with Gasteiger partial charge in [-0.3, -0.25) is 13.9 Å². The zero-order valence-corrected chi connectivity index (χ0v) is 13.1. The van der Waals surface area contributed by atoms with Crippen molar-refractivity contribution in [3.63, 3.8) is 0 Å². The van der Waals surface area contributed by atoms with Crippen LogP contribution in [0, 0.1) is 6.92 Å². The number of benzene rings is 1. The Morgan fingerprint density at radius 1 is 0.957 bits per heavy atom. The maximum absolute atomic E-state index is 12.2. The average molecular weight is 308 g/mol. The van der Waals surface area contributed by atoms with Crippen molar-refractivity contribution < 1.29 is 0 Å². The maximum atomic E-state index is 12.2. The Bertz CT molecular complexity index is 1030. The van der Waals surface area contributed by atoms with E-state index in [1.165, 1.54) is 11.6 Å². The van der Waals surface area contributed by atoms with Crippen LogP contribution >= 0.6 is 0 Å². The highest BCUT2D eigenvalue weighted by Crippen LogP contribution is 2.12. The second kappa shape index (κ2) is 5.64. The lowest BCUT2D eigenvalue weighted by molar-refractivity contribution is 0.703. The first-order chi connectivity index (χ1) is 11.0. The van der Waals surface area contributed by atoms with Gasteiger partial charge in [-0.25, -0.2) is 14.8 Å². The van der Waals surface area contributed by atoms with E-state index >= 15 is 0 Å². The van der Waals surface area contributed by atoms with Crippen molar-refractivity contribution in [3.8, 4) is 0 Å². The summed E-state index contributed by atoms with van der Waals surface area (Å²) in [6, 6.07) is 9.81. The molecule has 0 bridgehead atoms. The van der Waals surface area contributed by atoms with E-state index in [4.69, 9.17) is 0 Å². The number of rotatable bonds is 2. The van der Waals surface area contributed by atoms with Crippen molar-refractivity contribution in [3.05, 3.63) is 68.1 Å². The van der Waals surface area contributed by atoms with Gasteiger partial charge in [-0.1, -0.05) is 36.4 Å². The first kappa shape index (κ1) is 14.9. The number of hydrogen-bond donors (Lipinski definition) is 0. The third-order valence-electron chi connectivity index (χ3n) is 3.72. The number of aromatic nitrogens is 4. The molecule has 0 saturated heterocycles. The first-order valence-corrected chi connectivity index (χ1v) is 7.16. The van der Waals surface area contributed by atoms with Crippen LogP contribution in [0.1, 0.15) is 17.0 Å². The van der Waals surface area contributed by atoms with Crippen LogP contribution in [0.5, 0.6) is 0 Å². The molecule has 0 unspecified atom stereocenters. The first-order valence-electron chi connectivity index (χ1n) is 7.16. The molecule has 0 saturated carbocycles. The molecular weight excluding hydrogens is 292 g/mol. The molecule has 3 rings (SSSR count). The van der Waals surface area contributed by atoms with Gasteiger partial charge in [0.05, 0.1) is 11.4 Å². The Morgan fingerprint density at radius 2 is 1.65 bits per heavy atom. The molecule has 116 valence electrons. The van der Waals surface area contributed by atoms with Crippen LogP contribution in [-0.2, 0) is 14.1 Å². The minimum atomic E-state index is -0.433. The summed E-state index contributed by atoms with van der Waals surface area (Å²) in [4.78, 5) is 33.0. The molecular formula is C17H16N4O2. The molecule has 0 aliphatic heterocycles. The molecule has 0 aliphatic rings. The van der Waals surface area contributed by atoms with Crippen molar-refractivity contribution in [2.75, 3.05) is 0 Å². The van der Waals surface area contributed by atoms with Crippen LogP contribution in [0.25, 0.3) is 23.3 Å². The van der Waals surface area contributed by atoms with Crippen molar-refractivity contribution in [1.82, 2.24) is 19.1 Å². The van der Waals surface area contributed by atoms with E-state index < -0.39 is 11.2 Å². The van der Waals surface area contributed by atoms with Crippen LogP contribution in [0.4, 0.5) is 0 Å². The smallest absolute Gasteiger partial charge is 0.279 e. The summed E-state index contributed by atoms with van der Waals surface area (Å²) >= 11 is 0. The summed E-state index contributed by atoms with van der Waals surface area (Å²) in [7, 11) is 3.02.